The Morgan fingerprint density at radius 3 is 1.67 bits per heavy atom. The van der Waals surface area contributed by atoms with Crippen LogP contribution in [-0.2, 0) is 0 Å². The van der Waals surface area contributed by atoms with Gasteiger partial charge in [0, 0.05) is 6.04 Å². The Morgan fingerprint density at radius 2 is 1.33 bits per heavy atom. The van der Waals surface area contributed by atoms with Crippen LogP contribution in [0.2, 0.25) is 0 Å². The van der Waals surface area contributed by atoms with Gasteiger partial charge in [0.1, 0.15) is 0 Å². The highest BCUT2D eigenvalue weighted by atomic mass is 14.6. The summed E-state index contributed by atoms with van der Waals surface area (Å²) in [5.74, 6) is 2.65. The van der Waals surface area contributed by atoms with E-state index in [4.69, 9.17) is 5.73 Å². The number of hydrogen-bond donors (Lipinski definition) is 1. The second-order valence-electron chi connectivity index (χ2n) is 4.78. The second-order valence-corrected chi connectivity index (χ2v) is 4.78. The Morgan fingerprint density at radius 1 is 0.917 bits per heavy atom. The molecule has 1 fully saturated rings. The molecule has 1 rings (SSSR count). The van der Waals surface area contributed by atoms with Gasteiger partial charge in [0.05, 0.1) is 0 Å². The van der Waals surface area contributed by atoms with Gasteiger partial charge >= 0.3 is 0 Å². The molecule has 0 bridgehead atoms. The van der Waals surface area contributed by atoms with Crippen molar-refractivity contribution in [2.24, 2.45) is 23.5 Å². The lowest BCUT2D eigenvalue weighted by Gasteiger charge is -2.32. The summed E-state index contributed by atoms with van der Waals surface area (Å²) in [5, 5.41) is 0. The van der Waals surface area contributed by atoms with Crippen molar-refractivity contribution in [3.05, 3.63) is 0 Å². The summed E-state index contributed by atoms with van der Waals surface area (Å²) in [4.78, 5) is 0. The van der Waals surface area contributed by atoms with Crippen LogP contribution in [0.25, 0.3) is 0 Å². The van der Waals surface area contributed by atoms with Crippen LogP contribution in [0.15, 0.2) is 0 Å². The van der Waals surface area contributed by atoms with Crippen LogP contribution < -0.4 is 5.73 Å². The maximum atomic E-state index is 5.89. The molecular weight excluding hydrogens is 146 g/mol. The number of nitrogens with two attached hydrogens (primary N) is 1. The molecule has 0 saturated heterocycles. The van der Waals surface area contributed by atoms with E-state index in [1.165, 1.54) is 25.7 Å². The molecule has 1 heteroatoms. The molecule has 0 aromatic carbocycles. The monoisotopic (exact) mass is 169 g/mol. The summed E-state index contributed by atoms with van der Waals surface area (Å²) in [6, 6.07) is 0.415. The summed E-state index contributed by atoms with van der Waals surface area (Å²) in [6.07, 6.45) is 5.54. The van der Waals surface area contributed by atoms with Gasteiger partial charge in [-0.3, -0.25) is 0 Å². The van der Waals surface area contributed by atoms with Gasteiger partial charge in [0.15, 0.2) is 0 Å². The Kier molecular flexibility index (Phi) is 3.57. The lowest BCUT2D eigenvalue weighted by Crippen LogP contribution is -2.31. The Bertz CT molecular complexity index is 105. The molecule has 0 aromatic rings. The predicted molar refractivity (Wildman–Crippen MR) is 53.9 cm³/mol. The molecule has 0 spiro atoms. The molecule has 2 N–H and O–H groups in total. The largest absolute Gasteiger partial charge is 0.328 e. The minimum atomic E-state index is 0.415. The lowest BCUT2D eigenvalue weighted by atomic mass is 9.75. The first-order valence-corrected chi connectivity index (χ1v) is 5.37. The van der Waals surface area contributed by atoms with Gasteiger partial charge in [-0.2, -0.15) is 0 Å². The average molecular weight is 169 g/mol. The molecular formula is C11H23N. The summed E-state index contributed by atoms with van der Waals surface area (Å²) in [6.45, 7) is 6.84. The van der Waals surface area contributed by atoms with Crippen molar-refractivity contribution in [1.82, 2.24) is 0 Å². The molecule has 0 amide bonds. The smallest absolute Gasteiger partial charge is 0.00387 e. The van der Waals surface area contributed by atoms with Crippen molar-refractivity contribution < 1.29 is 0 Å². The first-order chi connectivity index (χ1) is 5.61. The van der Waals surface area contributed by atoms with Crippen LogP contribution in [0.5, 0.6) is 0 Å². The molecule has 1 saturated carbocycles. The van der Waals surface area contributed by atoms with Gasteiger partial charge < -0.3 is 5.73 Å². The number of hydrogen-bond acceptors (Lipinski definition) is 1. The molecule has 0 aliphatic heterocycles. The maximum Gasteiger partial charge on any atom is 0.00387 e. The molecule has 0 aromatic heterocycles. The van der Waals surface area contributed by atoms with E-state index in [0.717, 1.165) is 17.8 Å². The molecule has 0 heterocycles. The van der Waals surface area contributed by atoms with E-state index in [-0.39, 0.29) is 0 Å². The highest BCUT2D eigenvalue weighted by Crippen LogP contribution is 2.34. The van der Waals surface area contributed by atoms with Crippen molar-refractivity contribution in [3.8, 4) is 0 Å². The maximum absolute atomic E-state index is 5.89. The van der Waals surface area contributed by atoms with E-state index in [2.05, 4.69) is 20.8 Å². The van der Waals surface area contributed by atoms with Gasteiger partial charge in [0.25, 0.3) is 0 Å². The fourth-order valence-electron chi connectivity index (χ4n) is 2.34. The summed E-state index contributed by atoms with van der Waals surface area (Å²) >= 11 is 0. The zero-order valence-electron chi connectivity index (χ0n) is 8.72. The van der Waals surface area contributed by atoms with Crippen LogP contribution in [0.4, 0.5) is 0 Å². The van der Waals surface area contributed by atoms with E-state index in [9.17, 15) is 0 Å². The Balaban J connectivity index is 2.30. The average Bonchev–Trinajstić information content (AvgIpc) is 2.04. The number of rotatable bonds is 2. The summed E-state index contributed by atoms with van der Waals surface area (Å²) in [7, 11) is 0. The zero-order valence-corrected chi connectivity index (χ0v) is 8.72. The lowest BCUT2D eigenvalue weighted by molar-refractivity contribution is 0.208. The predicted octanol–water partition coefficient (Wildman–Crippen LogP) is 2.80. The molecule has 1 unspecified atom stereocenters. The van der Waals surface area contributed by atoms with E-state index in [1.807, 2.05) is 0 Å². The van der Waals surface area contributed by atoms with E-state index in [0.29, 0.717) is 6.04 Å². The van der Waals surface area contributed by atoms with Gasteiger partial charge in [-0.05, 0) is 50.4 Å². The zero-order chi connectivity index (χ0) is 9.14. The molecule has 1 aliphatic rings. The molecule has 12 heavy (non-hydrogen) atoms. The fraction of sp³-hybridized carbons (Fsp3) is 1.00. The van der Waals surface area contributed by atoms with Gasteiger partial charge in [0.2, 0.25) is 0 Å². The highest BCUT2D eigenvalue weighted by Gasteiger charge is 2.24. The van der Waals surface area contributed by atoms with E-state index < -0.39 is 0 Å². The third-order valence-electron chi connectivity index (χ3n) is 3.50. The third kappa shape index (κ3) is 2.48. The van der Waals surface area contributed by atoms with Crippen molar-refractivity contribution in [1.29, 1.82) is 0 Å². The van der Waals surface area contributed by atoms with Gasteiger partial charge in [-0.1, -0.05) is 13.8 Å². The Labute approximate surface area is 76.7 Å². The first-order valence-electron chi connectivity index (χ1n) is 5.37. The summed E-state index contributed by atoms with van der Waals surface area (Å²) < 4.78 is 0. The van der Waals surface area contributed by atoms with Crippen LogP contribution >= 0.6 is 0 Å². The standard InChI is InChI=1S/C11H23N/c1-8(2)10-4-6-11(7-5-10)9(3)12/h8-11H,4-7,12H2,1-3H3/t9?,10-,11-. The fourth-order valence-corrected chi connectivity index (χ4v) is 2.34. The van der Waals surface area contributed by atoms with Crippen molar-refractivity contribution >= 4 is 0 Å². The van der Waals surface area contributed by atoms with Crippen molar-refractivity contribution in [2.75, 3.05) is 0 Å². The van der Waals surface area contributed by atoms with Crippen LogP contribution in [0, 0.1) is 17.8 Å². The summed E-state index contributed by atoms with van der Waals surface area (Å²) in [5.41, 5.74) is 5.89. The SMILES string of the molecule is CC(C)[C@H]1CC[C@H](C(C)N)CC1. The van der Waals surface area contributed by atoms with E-state index in [1.54, 1.807) is 0 Å². The minimum absolute atomic E-state index is 0.415. The third-order valence-corrected chi connectivity index (χ3v) is 3.50. The van der Waals surface area contributed by atoms with E-state index >= 15 is 0 Å². The van der Waals surface area contributed by atoms with Crippen LogP contribution in [0.1, 0.15) is 46.5 Å². The van der Waals surface area contributed by atoms with Crippen LogP contribution in [-0.4, -0.2) is 6.04 Å². The second kappa shape index (κ2) is 4.27. The van der Waals surface area contributed by atoms with Gasteiger partial charge in [-0.15, -0.1) is 0 Å². The molecule has 0 radical (unpaired) electrons. The molecule has 1 aliphatic carbocycles. The van der Waals surface area contributed by atoms with Crippen LogP contribution in [0.3, 0.4) is 0 Å². The molecule has 72 valence electrons. The normalized spacial score (nSPS) is 33.8. The highest BCUT2D eigenvalue weighted by molar-refractivity contribution is 4.78. The quantitative estimate of drug-likeness (QED) is 0.676. The first kappa shape index (κ1) is 10.0. The van der Waals surface area contributed by atoms with Crippen molar-refractivity contribution in [2.45, 2.75) is 52.5 Å². The minimum Gasteiger partial charge on any atom is -0.328 e. The Hall–Kier alpha value is -0.0400. The molecule has 1 atom stereocenters. The molecule has 1 nitrogen and oxygen atoms in total. The topological polar surface area (TPSA) is 26.0 Å². The van der Waals surface area contributed by atoms with Gasteiger partial charge in [-0.25, -0.2) is 0 Å². The van der Waals surface area contributed by atoms with Crippen molar-refractivity contribution in [3.63, 3.8) is 0 Å².